The Morgan fingerprint density at radius 3 is 2.93 bits per heavy atom. The minimum absolute atomic E-state index is 0.509. The lowest BCUT2D eigenvalue weighted by Crippen LogP contribution is -2.36. The molecule has 1 nitrogen and oxygen atoms in total. The molecular formula is C14H12N+. The van der Waals surface area contributed by atoms with E-state index in [-0.39, 0.29) is 0 Å². The molecule has 2 aromatic rings. The normalized spacial score (nSPS) is 19.4. The zero-order valence-electron chi connectivity index (χ0n) is 8.70. The topological polar surface area (TPSA) is 3.88 Å². The first-order chi connectivity index (χ1) is 7.36. The summed E-state index contributed by atoms with van der Waals surface area (Å²) in [5.41, 5.74) is 7.48. The second kappa shape index (κ2) is 2.30. The molecule has 1 aromatic heterocycles. The molecule has 2 heterocycles. The Kier molecular flexibility index (Phi) is 1.17. The van der Waals surface area contributed by atoms with Crippen LogP contribution < -0.4 is 4.57 Å². The highest BCUT2D eigenvalue weighted by Gasteiger charge is 2.40. The molecule has 0 amide bonds. The van der Waals surface area contributed by atoms with Crippen molar-refractivity contribution in [3.05, 3.63) is 53.2 Å². The van der Waals surface area contributed by atoms with E-state index in [4.69, 9.17) is 0 Å². The predicted octanol–water partition coefficient (Wildman–Crippen LogP) is 2.47. The van der Waals surface area contributed by atoms with Crippen LogP contribution in [0.2, 0.25) is 0 Å². The van der Waals surface area contributed by atoms with Crippen LogP contribution >= 0.6 is 0 Å². The summed E-state index contributed by atoms with van der Waals surface area (Å²) in [6.07, 6.45) is 3.32. The van der Waals surface area contributed by atoms with E-state index in [1.165, 1.54) is 27.9 Å². The number of nitrogens with zero attached hydrogens (tertiary/aromatic N) is 1. The molecule has 1 aliphatic heterocycles. The van der Waals surface area contributed by atoms with Gasteiger partial charge >= 0.3 is 0 Å². The van der Waals surface area contributed by atoms with Gasteiger partial charge in [-0.05, 0) is 11.6 Å². The summed E-state index contributed by atoms with van der Waals surface area (Å²) < 4.78 is 2.41. The number of benzene rings is 1. The third kappa shape index (κ3) is 0.741. The molecule has 4 rings (SSSR count). The SMILES string of the molecule is CC1c2cccc3c2-c2c(ccc[n+]21)C3. The molecule has 0 saturated carbocycles. The Labute approximate surface area is 89.0 Å². The second-order valence-corrected chi connectivity index (χ2v) is 4.52. The van der Waals surface area contributed by atoms with E-state index in [1.807, 2.05) is 0 Å². The van der Waals surface area contributed by atoms with Crippen LogP contribution in [-0.2, 0) is 6.42 Å². The Bertz CT molecular complexity index is 532. The molecule has 1 aliphatic carbocycles. The Balaban J connectivity index is 2.23. The van der Waals surface area contributed by atoms with Crippen molar-refractivity contribution in [2.45, 2.75) is 19.4 Å². The first-order valence-electron chi connectivity index (χ1n) is 5.51. The van der Waals surface area contributed by atoms with Gasteiger partial charge in [-0.15, -0.1) is 0 Å². The highest BCUT2D eigenvalue weighted by Crippen LogP contribution is 2.43. The molecule has 0 N–H and O–H groups in total. The number of rotatable bonds is 0. The van der Waals surface area contributed by atoms with Gasteiger partial charge in [0.05, 0.1) is 5.56 Å². The molecule has 0 bridgehead atoms. The molecule has 2 aliphatic rings. The van der Waals surface area contributed by atoms with Crippen molar-refractivity contribution in [2.75, 3.05) is 0 Å². The van der Waals surface area contributed by atoms with Crippen molar-refractivity contribution < 1.29 is 4.57 Å². The van der Waals surface area contributed by atoms with Crippen LogP contribution in [0.25, 0.3) is 11.3 Å². The van der Waals surface area contributed by atoms with E-state index >= 15 is 0 Å². The standard InChI is InChI=1S/C14H12N/c1-9-12-6-2-4-10-8-11-5-3-7-15(9)14(11)13(10)12/h2-7,9H,8H2,1H3/q+1. The van der Waals surface area contributed by atoms with Crippen molar-refractivity contribution >= 4 is 0 Å². The Morgan fingerprint density at radius 2 is 2.00 bits per heavy atom. The quantitative estimate of drug-likeness (QED) is 0.484. The lowest BCUT2D eigenvalue weighted by atomic mass is 10.0. The van der Waals surface area contributed by atoms with Crippen molar-refractivity contribution in [3.63, 3.8) is 0 Å². The van der Waals surface area contributed by atoms with Gasteiger partial charge in [-0.3, -0.25) is 0 Å². The lowest BCUT2D eigenvalue weighted by molar-refractivity contribution is -0.694. The van der Waals surface area contributed by atoms with Crippen LogP contribution in [0.4, 0.5) is 0 Å². The summed E-state index contributed by atoms with van der Waals surface area (Å²) in [4.78, 5) is 0. The van der Waals surface area contributed by atoms with Crippen LogP contribution in [0.3, 0.4) is 0 Å². The van der Waals surface area contributed by atoms with E-state index in [1.54, 1.807) is 0 Å². The first-order valence-corrected chi connectivity index (χ1v) is 5.51. The van der Waals surface area contributed by atoms with Crippen LogP contribution in [-0.4, -0.2) is 0 Å². The summed E-state index contributed by atoms with van der Waals surface area (Å²) in [6, 6.07) is 11.7. The molecule has 72 valence electrons. The summed E-state index contributed by atoms with van der Waals surface area (Å²) >= 11 is 0. The molecule has 0 fully saturated rings. The molecule has 1 atom stereocenters. The average molecular weight is 194 g/mol. The molecular weight excluding hydrogens is 182 g/mol. The number of pyridine rings is 1. The van der Waals surface area contributed by atoms with E-state index < -0.39 is 0 Å². The fourth-order valence-corrected chi connectivity index (χ4v) is 3.09. The highest BCUT2D eigenvalue weighted by atomic mass is 15.0. The number of hydrogen-bond acceptors (Lipinski definition) is 0. The predicted molar refractivity (Wildman–Crippen MR) is 58.7 cm³/mol. The Hall–Kier alpha value is -1.63. The lowest BCUT2D eigenvalue weighted by Gasteiger charge is -2.04. The Morgan fingerprint density at radius 1 is 1.13 bits per heavy atom. The summed E-state index contributed by atoms with van der Waals surface area (Å²) in [6.45, 7) is 2.29. The van der Waals surface area contributed by atoms with Gasteiger partial charge in [0.2, 0.25) is 5.69 Å². The zero-order valence-corrected chi connectivity index (χ0v) is 8.70. The van der Waals surface area contributed by atoms with Gasteiger partial charge in [-0.25, -0.2) is 0 Å². The maximum absolute atomic E-state index is 2.41. The van der Waals surface area contributed by atoms with Crippen LogP contribution in [0, 0.1) is 0 Å². The smallest absolute Gasteiger partial charge is 0.191 e. The monoisotopic (exact) mass is 194 g/mol. The molecule has 1 heteroatoms. The average Bonchev–Trinajstić information content (AvgIpc) is 2.77. The molecule has 15 heavy (non-hydrogen) atoms. The molecule has 0 saturated heterocycles. The van der Waals surface area contributed by atoms with E-state index in [0.29, 0.717) is 6.04 Å². The fourth-order valence-electron chi connectivity index (χ4n) is 3.09. The van der Waals surface area contributed by atoms with Gasteiger partial charge in [0.1, 0.15) is 0 Å². The third-order valence-corrected chi connectivity index (χ3v) is 3.77. The molecule has 0 spiro atoms. The number of aromatic nitrogens is 1. The van der Waals surface area contributed by atoms with E-state index in [2.05, 4.69) is 48.0 Å². The van der Waals surface area contributed by atoms with Crippen molar-refractivity contribution in [2.24, 2.45) is 0 Å². The van der Waals surface area contributed by atoms with Crippen LogP contribution in [0.1, 0.15) is 29.7 Å². The van der Waals surface area contributed by atoms with E-state index in [0.717, 1.165) is 6.42 Å². The zero-order chi connectivity index (χ0) is 9.99. The van der Waals surface area contributed by atoms with Crippen molar-refractivity contribution in [3.8, 4) is 11.3 Å². The van der Waals surface area contributed by atoms with E-state index in [9.17, 15) is 0 Å². The van der Waals surface area contributed by atoms with Gasteiger partial charge in [0.25, 0.3) is 0 Å². The largest absolute Gasteiger partial charge is 0.217 e. The van der Waals surface area contributed by atoms with Gasteiger partial charge < -0.3 is 0 Å². The minimum Gasteiger partial charge on any atom is -0.191 e. The highest BCUT2D eigenvalue weighted by molar-refractivity contribution is 5.76. The molecule has 1 unspecified atom stereocenters. The van der Waals surface area contributed by atoms with Gasteiger partial charge in [0.15, 0.2) is 12.2 Å². The third-order valence-electron chi connectivity index (χ3n) is 3.77. The van der Waals surface area contributed by atoms with Crippen LogP contribution in [0.5, 0.6) is 0 Å². The maximum atomic E-state index is 2.41. The summed E-state index contributed by atoms with van der Waals surface area (Å²) in [5.74, 6) is 0. The van der Waals surface area contributed by atoms with Crippen molar-refractivity contribution in [1.29, 1.82) is 0 Å². The first kappa shape index (κ1) is 7.63. The van der Waals surface area contributed by atoms with Crippen molar-refractivity contribution in [1.82, 2.24) is 0 Å². The fraction of sp³-hybridized carbons (Fsp3) is 0.214. The maximum Gasteiger partial charge on any atom is 0.217 e. The molecule has 0 radical (unpaired) electrons. The van der Waals surface area contributed by atoms with Gasteiger partial charge in [0, 0.05) is 30.5 Å². The molecule has 1 aromatic carbocycles. The van der Waals surface area contributed by atoms with Crippen LogP contribution in [0.15, 0.2) is 36.5 Å². The summed E-state index contributed by atoms with van der Waals surface area (Å²) in [5, 5.41) is 0. The second-order valence-electron chi connectivity index (χ2n) is 4.52. The minimum atomic E-state index is 0.509. The number of hydrogen-bond donors (Lipinski definition) is 0. The van der Waals surface area contributed by atoms with Gasteiger partial charge in [-0.1, -0.05) is 18.2 Å². The van der Waals surface area contributed by atoms with Gasteiger partial charge in [-0.2, -0.15) is 4.57 Å². The summed E-state index contributed by atoms with van der Waals surface area (Å²) in [7, 11) is 0.